The third kappa shape index (κ3) is 5.73. The zero-order chi connectivity index (χ0) is 16.7. The number of nitrogens with one attached hydrogen (secondary N) is 2. The Balaban J connectivity index is 1.70. The van der Waals surface area contributed by atoms with E-state index in [1.54, 1.807) is 24.3 Å². The predicted molar refractivity (Wildman–Crippen MR) is 85.0 cm³/mol. The molecule has 6 nitrogen and oxygen atoms in total. The van der Waals surface area contributed by atoms with Crippen LogP contribution < -0.4 is 10.6 Å². The van der Waals surface area contributed by atoms with Crippen LogP contribution in [0.2, 0.25) is 0 Å². The van der Waals surface area contributed by atoms with Crippen molar-refractivity contribution in [2.75, 3.05) is 6.61 Å². The van der Waals surface area contributed by atoms with Gasteiger partial charge in [0.15, 0.2) is 6.61 Å². The van der Waals surface area contributed by atoms with E-state index >= 15 is 0 Å². The normalized spacial score (nSPS) is 14.8. The van der Waals surface area contributed by atoms with Crippen molar-refractivity contribution in [2.45, 2.75) is 45.1 Å². The van der Waals surface area contributed by atoms with Gasteiger partial charge in [0.1, 0.15) is 0 Å². The molecule has 0 heterocycles. The van der Waals surface area contributed by atoms with Crippen molar-refractivity contribution in [3.63, 3.8) is 0 Å². The van der Waals surface area contributed by atoms with E-state index in [0.29, 0.717) is 5.56 Å². The summed E-state index contributed by atoms with van der Waals surface area (Å²) in [7, 11) is 0. The highest BCUT2D eigenvalue weighted by Gasteiger charge is 2.17. The average molecular weight is 318 g/mol. The summed E-state index contributed by atoms with van der Waals surface area (Å²) >= 11 is 0. The number of urea groups is 1. The molecule has 0 aromatic heterocycles. The zero-order valence-electron chi connectivity index (χ0n) is 13.3. The highest BCUT2D eigenvalue weighted by Crippen LogP contribution is 2.17. The molecule has 0 aliphatic heterocycles. The number of imide groups is 1. The Morgan fingerprint density at radius 2 is 1.74 bits per heavy atom. The number of carbonyl (C=O) groups excluding carboxylic acids is 3. The quantitative estimate of drug-likeness (QED) is 0.834. The van der Waals surface area contributed by atoms with E-state index in [4.69, 9.17) is 4.74 Å². The summed E-state index contributed by atoms with van der Waals surface area (Å²) in [4.78, 5) is 35.1. The summed E-state index contributed by atoms with van der Waals surface area (Å²) in [6.07, 6.45) is 5.24. The van der Waals surface area contributed by atoms with Gasteiger partial charge in [0, 0.05) is 6.04 Å². The maximum atomic E-state index is 11.8. The molecule has 6 heteroatoms. The Morgan fingerprint density at radius 3 is 2.39 bits per heavy atom. The molecule has 0 radical (unpaired) electrons. The van der Waals surface area contributed by atoms with Crippen LogP contribution in [0, 0.1) is 6.92 Å². The second kappa shape index (κ2) is 8.31. The highest BCUT2D eigenvalue weighted by atomic mass is 16.5. The second-order valence-electron chi connectivity index (χ2n) is 5.80. The Hall–Kier alpha value is -2.37. The summed E-state index contributed by atoms with van der Waals surface area (Å²) in [5.41, 5.74) is 1.40. The molecule has 1 aliphatic rings. The van der Waals surface area contributed by atoms with Crippen molar-refractivity contribution in [3.8, 4) is 0 Å². The van der Waals surface area contributed by atoms with Crippen LogP contribution in [0.4, 0.5) is 4.79 Å². The predicted octanol–water partition coefficient (Wildman–Crippen LogP) is 2.31. The lowest BCUT2D eigenvalue weighted by Gasteiger charge is -2.22. The van der Waals surface area contributed by atoms with Gasteiger partial charge < -0.3 is 10.1 Å². The summed E-state index contributed by atoms with van der Waals surface area (Å²) in [6.45, 7) is 1.43. The molecule has 1 saturated carbocycles. The van der Waals surface area contributed by atoms with Gasteiger partial charge in [-0.05, 0) is 31.9 Å². The van der Waals surface area contributed by atoms with Crippen LogP contribution in [-0.4, -0.2) is 30.6 Å². The van der Waals surface area contributed by atoms with Gasteiger partial charge >= 0.3 is 12.0 Å². The minimum Gasteiger partial charge on any atom is -0.452 e. The van der Waals surface area contributed by atoms with E-state index in [-0.39, 0.29) is 6.04 Å². The van der Waals surface area contributed by atoms with Gasteiger partial charge in [0.25, 0.3) is 5.91 Å². The summed E-state index contributed by atoms with van der Waals surface area (Å²) in [6, 6.07) is 6.42. The van der Waals surface area contributed by atoms with E-state index in [1.165, 1.54) is 6.42 Å². The molecule has 1 aromatic rings. The molecule has 2 N–H and O–H groups in total. The number of amides is 3. The first-order valence-corrected chi connectivity index (χ1v) is 7.89. The molecule has 0 spiro atoms. The van der Waals surface area contributed by atoms with E-state index in [9.17, 15) is 14.4 Å². The number of aryl methyl sites for hydroxylation is 1. The van der Waals surface area contributed by atoms with Crippen molar-refractivity contribution in [3.05, 3.63) is 35.4 Å². The van der Waals surface area contributed by atoms with Crippen LogP contribution >= 0.6 is 0 Å². The fraction of sp³-hybridized carbons (Fsp3) is 0.471. The van der Waals surface area contributed by atoms with E-state index in [2.05, 4.69) is 10.6 Å². The van der Waals surface area contributed by atoms with Crippen molar-refractivity contribution in [1.29, 1.82) is 0 Å². The lowest BCUT2D eigenvalue weighted by Crippen LogP contribution is -2.46. The lowest BCUT2D eigenvalue weighted by atomic mass is 9.96. The number of esters is 1. The Kier molecular flexibility index (Phi) is 6.14. The maximum absolute atomic E-state index is 11.8. The lowest BCUT2D eigenvalue weighted by molar-refractivity contribution is -0.123. The summed E-state index contributed by atoms with van der Waals surface area (Å²) in [5, 5.41) is 4.94. The molecule has 0 saturated heterocycles. The van der Waals surface area contributed by atoms with Crippen LogP contribution in [0.1, 0.15) is 48.0 Å². The van der Waals surface area contributed by atoms with Gasteiger partial charge in [-0.15, -0.1) is 0 Å². The molecule has 0 unspecified atom stereocenters. The maximum Gasteiger partial charge on any atom is 0.338 e. The van der Waals surface area contributed by atoms with Crippen molar-refractivity contribution in [1.82, 2.24) is 10.6 Å². The van der Waals surface area contributed by atoms with Crippen molar-refractivity contribution in [2.24, 2.45) is 0 Å². The molecular weight excluding hydrogens is 296 g/mol. The number of hydrogen-bond acceptors (Lipinski definition) is 4. The minimum atomic E-state index is -0.640. The van der Waals surface area contributed by atoms with Crippen LogP contribution in [-0.2, 0) is 9.53 Å². The Morgan fingerprint density at radius 1 is 1.09 bits per heavy atom. The molecule has 1 aliphatic carbocycles. The SMILES string of the molecule is Cc1ccc(C(=O)OCC(=O)NC(=O)NC2CCCCC2)cc1. The monoisotopic (exact) mass is 318 g/mol. The second-order valence-corrected chi connectivity index (χ2v) is 5.80. The van der Waals surface area contributed by atoms with Crippen LogP contribution in [0.15, 0.2) is 24.3 Å². The van der Waals surface area contributed by atoms with Crippen LogP contribution in [0.25, 0.3) is 0 Å². The molecule has 0 bridgehead atoms. The molecule has 2 rings (SSSR count). The topological polar surface area (TPSA) is 84.5 Å². The fourth-order valence-corrected chi connectivity index (χ4v) is 2.54. The standard InChI is InChI=1S/C17H22N2O4/c1-12-7-9-13(10-8-12)16(21)23-11-15(20)19-17(22)18-14-5-3-2-4-6-14/h7-10,14H,2-6,11H2,1H3,(H2,18,19,20,22). The number of carbonyl (C=O) groups is 3. The van der Waals surface area contributed by atoms with Gasteiger partial charge in [-0.1, -0.05) is 37.0 Å². The first kappa shape index (κ1) is 17.0. The van der Waals surface area contributed by atoms with Gasteiger partial charge in [-0.25, -0.2) is 9.59 Å². The smallest absolute Gasteiger partial charge is 0.338 e. The van der Waals surface area contributed by atoms with Crippen LogP contribution in [0.3, 0.4) is 0 Å². The highest BCUT2D eigenvalue weighted by molar-refractivity contribution is 5.97. The average Bonchev–Trinajstić information content (AvgIpc) is 2.54. The van der Waals surface area contributed by atoms with Gasteiger partial charge in [0.2, 0.25) is 0 Å². The summed E-state index contributed by atoms with van der Waals surface area (Å²) in [5.74, 6) is -1.23. The van der Waals surface area contributed by atoms with Gasteiger partial charge in [-0.3, -0.25) is 10.1 Å². The zero-order valence-corrected chi connectivity index (χ0v) is 13.3. The first-order valence-electron chi connectivity index (χ1n) is 7.89. The van der Waals surface area contributed by atoms with Crippen molar-refractivity contribution >= 4 is 17.9 Å². The van der Waals surface area contributed by atoms with Gasteiger partial charge in [-0.2, -0.15) is 0 Å². The number of ether oxygens (including phenoxy) is 1. The first-order chi connectivity index (χ1) is 11.0. The van der Waals surface area contributed by atoms with E-state index in [0.717, 1.165) is 31.2 Å². The third-order valence-electron chi connectivity index (χ3n) is 3.81. The van der Waals surface area contributed by atoms with E-state index in [1.807, 2.05) is 6.92 Å². The third-order valence-corrected chi connectivity index (χ3v) is 3.81. The largest absolute Gasteiger partial charge is 0.452 e. The molecular formula is C17H22N2O4. The summed E-state index contributed by atoms with van der Waals surface area (Å²) < 4.78 is 4.89. The molecule has 3 amide bonds. The van der Waals surface area contributed by atoms with E-state index < -0.39 is 24.5 Å². The Labute approximate surface area is 135 Å². The molecule has 1 aromatic carbocycles. The molecule has 1 fully saturated rings. The fourth-order valence-electron chi connectivity index (χ4n) is 2.54. The number of benzene rings is 1. The Bertz CT molecular complexity index is 562. The minimum absolute atomic E-state index is 0.117. The van der Waals surface area contributed by atoms with Crippen molar-refractivity contribution < 1.29 is 19.1 Å². The molecule has 23 heavy (non-hydrogen) atoms. The molecule has 0 atom stereocenters. The number of hydrogen-bond donors (Lipinski definition) is 2. The number of rotatable bonds is 4. The van der Waals surface area contributed by atoms with Crippen LogP contribution in [0.5, 0.6) is 0 Å². The molecule has 124 valence electrons. The van der Waals surface area contributed by atoms with Gasteiger partial charge in [0.05, 0.1) is 5.56 Å².